The molecule has 1 aromatic heterocycles. The summed E-state index contributed by atoms with van der Waals surface area (Å²) in [5.41, 5.74) is 1.03. The zero-order valence-electron chi connectivity index (χ0n) is 11.2. The van der Waals surface area contributed by atoms with E-state index in [4.69, 9.17) is 4.74 Å². The maximum absolute atomic E-state index is 5.69. The molecule has 1 rings (SSSR count). The molecule has 3 heteroatoms. The van der Waals surface area contributed by atoms with Crippen LogP contribution in [0, 0.1) is 0 Å². The highest BCUT2D eigenvalue weighted by atomic mass is 16.5. The average molecular weight is 236 g/mol. The highest BCUT2D eigenvalue weighted by molar-refractivity contribution is 5.22. The van der Waals surface area contributed by atoms with Crippen molar-refractivity contribution in [1.29, 1.82) is 0 Å². The van der Waals surface area contributed by atoms with E-state index in [2.05, 4.69) is 31.1 Å². The number of rotatable bonds is 8. The smallest absolute Gasteiger partial charge is 0.122 e. The summed E-state index contributed by atoms with van der Waals surface area (Å²) in [6.45, 7) is 8.05. The van der Waals surface area contributed by atoms with Gasteiger partial charge in [0.2, 0.25) is 0 Å². The Morgan fingerprint density at radius 3 is 2.88 bits per heavy atom. The van der Waals surface area contributed by atoms with Crippen LogP contribution in [0.5, 0.6) is 5.75 Å². The Labute approximate surface area is 105 Å². The van der Waals surface area contributed by atoms with E-state index in [9.17, 15) is 0 Å². The lowest BCUT2D eigenvalue weighted by Gasteiger charge is -2.09. The van der Waals surface area contributed by atoms with E-state index in [1.165, 1.54) is 12.8 Å². The Morgan fingerprint density at radius 1 is 1.35 bits per heavy atom. The molecule has 0 bridgehead atoms. The highest BCUT2D eigenvalue weighted by Crippen LogP contribution is 2.11. The third-order valence-electron chi connectivity index (χ3n) is 2.50. The van der Waals surface area contributed by atoms with Gasteiger partial charge in [-0.05, 0) is 12.5 Å². The second-order valence-corrected chi connectivity index (χ2v) is 4.57. The van der Waals surface area contributed by atoms with Crippen molar-refractivity contribution in [3.8, 4) is 5.75 Å². The minimum absolute atomic E-state index is 0.478. The van der Waals surface area contributed by atoms with Gasteiger partial charge < -0.3 is 10.1 Å². The summed E-state index contributed by atoms with van der Waals surface area (Å²) >= 11 is 0. The van der Waals surface area contributed by atoms with Gasteiger partial charge in [0.15, 0.2) is 0 Å². The normalized spacial score (nSPS) is 10.8. The first-order valence-corrected chi connectivity index (χ1v) is 6.53. The average Bonchev–Trinajstić information content (AvgIpc) is 2.33. The number of aromatic nitrogens is 1. The summed E-state index contributed by atoms with van der Waals surface area (Å²) in [5.74, 6) is 0.927. The van der Waals surface area contributed by atoms with Gasteiger partial charge in [-0.15, -0.1) is 0 Å². The molecule has 1 aromatic rings. The minimum atomic E-state index is 0.478. The largest absolute Gasteiger partial charge is 0.493 e. The van der Waals surface area contributed by atoms with Crippen LogP contribution < -0.4 is 10.1 Å². The van der Waals surface area contributed by atoms with E-state index in [0.29, 0.717) is 6.04 Å². The Hall–Kier alpha value is -1.09. The zero-order chi connectivity index (χ0) is 12.5. The van der Waals surface area contributed by atoms with E-state index in [0.717, 1.165) is 31.0 Å². The number of hydrogen-bond acceptors (Lipinski definition) is 3. The van der Waals surface area contributed by atoms with Crippen LogP contribution in [-0.4, -0.2) is 17.6 Å². The fourth-order valence-electron chi connectivity index (χ4n) is 1.49. The molecule has 1 N–H and O–H groups in total. The molecule has 0 aliphatic carbocycles. The lowest BCUT2D eigenvalue weighted by molar-refractivity contribution is 0.305. The molecule has 1 heterocycles. The van der Waals surface area contributed by atoms with Crippen LogP contribution in [0.2, 0.25) is 0 Å². The molecule has 0 aliphatic rings. The maximum Gasteiger partial charge on any atom is 0.122 e. The van der Waals surface area contributed by atoms with E-state index in [1.807, 2.05) is 18.3 Å². The SMILES string of the molecule is CCCCCOc1ccnc(CNC(C)C)c1. The van der Waals surface area contributed by atoms with Gasteiger partial charge in [-0.3, -0.25) is 4.98 Å². The number of unbranched alkanes of at least 4 members (excludes halogenated alkanes) is 2. The van der Waals surface area contributed by atoms with Gasteiger partial charge >= 0.3 is 0 Å². The van der Waals surface area contributed by atoms with Crippen LogP contribution in [-0.2, 0) is 6.54 Å². The minimum Gasteiger partial charge on any atom is -0.493 e. The van der Waals surface area contributed by atoms with Crippen molar-refractivity contribution in [3.05, 3.63) is 24.0 Å². The molecule has 0 saturated carbocycles. The third-order valence-corrected chi connectivity index (χ3v) is 2.50. The van der Waals surface area contributed by atoms with Crippen LogP contribution in [0.1, 0.15) is 45.7 Å². The van der Waals surface area contributed by atoms with Crippen molar-refractivity contribution >= 4 is 0 Å². The van der Waals surface area contributed by atoms with Crippen molar-refractivity contribution in [2.24, 2.45) is 0 Å². The summed E-state index contributed by atoms with van der Waals surface area (Å²) < 4.78 is 5.69. The first-order chi connectivity index (χ1) is 8.22. The van der Waals surface area contributed by atoms with Crippen LogP contribution in [0.3, 0.4) is 0 Å². The molecule has 0 amide bonds. The highest BCUT2D eigenvalue weighted by Gasteiger charge is 1.99. The van der Waals surface area contributed by atoms with Gasteiger partial charge in [0.1, 0.15) is 5.75 Å². The Bertz CT molecular complexity index is 313. The molecule has 0 atom stereocenters. The molecule has 0 fully saturated rings. The van der Waals surface area contributed by atoms with Crippen LogP contribution in [0.15, 0.2) is 18.3 Å². The first kappa shape index (κ1) is 14.0. The summed E-state index contributed by atoms with van der Waals surface area (Å²) in [4.78, 5) is 4.31. The molecule has 0 aromatic carbocycles. The van der Waals surface area contributed by atoms with Crippen LogP contribution in [0.25, 0.3) is 0 Å². The Balaban J connectivity index is 2.37. The van der Waals surface area contributed by atoms with E-state index >= 15 is 0 Å². The maximum atomic E-state index is 5.69. The molecule has 96 valence electrons. The van der Waals surface area contributed by atoms with Gasteiger partial charge in [0.05, 0.1) is 12.3 Å². The Kier molecular flexibility index (Phi) is 6.63. The first-order valence-electron chi connectivity index (χ1n) is 6.53. The van der Waals surface area contributed by atoms with Crippen LogP contribution in [0.4, 0.5) is 0 Å². The van der Waals surface area contributed by atoms with Gasteiger partial charge in [-0.1, -0.05) is 33.6 Å². The zero-order valence-corrected chi connectivity index (χ0v) is 11.2. The molecular weight excluding hydrogens is 212 g/mol. The molecule has 0 spiro atoms. The quantitative estimate of drug-likeness (QED) is 0.704. The van der Waals surface area contributed by atoms with E-state index in [-0.39, 0.29) is 0 Å². The van der Waals surface area contributed by atoms with Gasteiger partial charge in [-0.25, -0.2) is 0 Å². The Morgan fingerprint density at radius 2 is 2.18 bits per heavy atom. The number of nitrogens with zero attached hydrogens (tertiary/aromatic N) is 1. The predicted octanol–water partition coefficient (Wildman–Crippen LogP) is 3.15. The van der Waals surface area contributed by atoms with Crippen molar-refractivity contribution in [2.45, 2.75) is 52.6 Å². The van der Waals surface area contributed by atoms with Gasteiger partial charge in [-0.2, -0.15) is 0 Å². The fraction of sp³-hybridized carbons (Fsp3) is 0.643. The number of ether oxygens (including phenoxy) is 1. The van der Waals surface area contributed by atoms with Gasteiger partial charge in [0.25, 0.3) is 0 Å². The summed E-state index contributed by atoms with van der Waals surface area (Å²) in [6, 6.07) is 4.41. The number of nitrogens with one attached hydrogen (secondary N) is 1. The molecule has 0 aliphatic heterocycles. The van der Waals surface area contributed by atoms with Gasteiger partial charge in [0, 0.05) is 24.8 Å². The summed E-state index contributed by atoms with van der Waals surface area (Å²) in [5, 5.41) is 3.35. The lowest BCUT2D eigenvalue weighted by Crippen LogP contribution is -2.22. The van der Waals surface area contributed by atoms with E-state index < -0.39 is 0 Å². The van der Waals surface area contributed by atoms with Crippen molar-refractivity contribution in [3.63, 3.8) is 0 Å². The van der Waals surface area contributed by atoms with E-state index in [1.54, 1.807) is 0 Å². The fourth-order valence-corrected chi connectivity index (χ4v) is 1.49. The lowest BCUT2D eigenvalue weighted by atomic mass is 10.2. The second-order valence-electron chi connectivity index (χ2n) is 4.57. The number of hydrogen-bond donors (Lipinski definition) is 1. The molecule has 0 saturated heterocycles. The van der Waals surface area contributed by atoms with Crippen LogP contribution >= 0.6 is 0 Å². The summed E-state index contributed by atoms with van der Waals surface area (Å²) in [6.07, 6.45) is 5.39. The van der Waals surface area contributed by atoms with Crippen molar-refractivity contribution < 1.29 is 4.74 Å². The summed E-state index contributed by atoms with van der Waals surface area (Å²) in [7, 11) is 0. The topological polar surface area (TPSA) is 34.1 Å². The second kappa shape index (κ2) is 8.07. The monoisotopic (exact) mass is 236 g/mol. The third kappa shape index (κ3) is 6.27. The standard InChI is InChI=1S/C14H24N2O/c1-4-5-6-9-17-14-7-8-15-13(10-14)11-16-12(2)3/h7-8,10,12,16H,4-6,9,11H2,1-3H3. The van der Waals surface area contributed by atoms with Crippen molar-refractivity contribution in [1.82, 2.24) is 10.3 Å². The van der Waals surface area contributed by atoms with Crippen molar-refractivity contribution in [2.75, 3.05) is 6.61 Å². The number of pyridine rings is 1. The molecule has 3 nitrogen and oxygen atoms in total. The predicted molar refractivity (Wildman–Crippen MR) is 71.2 cm³/mol. The molecule has 0 radical (unpaired) electrons. The molecule has 0 unspecified atom stereocenters. The molecule has 17 heavy (non-hydrogen) atoms. The molecular formula is C14H24N2O.